The third-order valence-corrected chi connectivity index (χ3v) is 3.42. The highest BCUT2D eigenvalue weighted by atomic mass is 35.5. The molecular weight excluding hydrogens is 261 g/mol. The second-order valence-corrected chi connectivity index (χ2v) is 4.72. The van der Waals surface area contributed by atoms with E-state index in [9.17, 15) is 4.39 Å². The van der Waals surface area contributed by atoms with Gasteiger partial charge in [0.2, 0.25) is 0 Å². The van der Waals surface area contributed by atoms with Crippen LogP contribution < -0.4 is 4.90 Å². The number of aryl methyl sites for hydroxylation is 1. The third-order valence-electron chi connectivity index (χ3n) is 3.15. The van der Waals surface area contributed by atoms with Crippen LogP contribution in [0, 0.1) is 12.7 Å². The molecule has 0 spiro atoms. The average molecular weight is 278 g/mol. The Morgan fingerprint density at radius 1 is 1.16 bits per heavy atom. The first-order valence-corrected chi connectivity index (χ1v) is 6.88. The standard InChI is InChI=1S/C16H17ClFN/c1-3-19(13-7-4-6-12(2)10-13)16-9-5-8-15(18)14(16)11-17/h4-10H,3,11H2,1-2H3. The maximum absolute atomic E-state index is 13.8. The quantitative estimate of drug-likeness (QED) is 0.709. The number of nitrogens with zero attached hydrogens (tertiary/aromatic N) is 1. The monoisotopic (exact) mass is 277 g/mol. The van der Waals surface area contributed by atoms with Crippen molar-refractivity contribution in [1.29, 1.82) is 0 Å². The van der Waals surface area contributed by atoms with Crippen molar-refractivity contribution in [3.05, 3.63) is 59.4 Å². The van der Waals surface area contributed by atoms with Gasteiger partial charge < -0.3 is 4.90 Å². The van der Waals surface area contributed by atoms with Gasteiger partial charge in [-0.15, -0.1) is 11.6 Å². The lowest BCUT2D eigenvalue weighted by atomic mass is 10.1. The number of hydrogen-bond acceptors (Lipinski definition) is 1. The van der Waals surface area contributed by atoms with E-state index in [4.69, 9.17) is 11.6 Å². The average Bonchev–Trinajstić information content (AvgIpc) is 2.40. The van der Waals surface area contributed by atoms with E-state index < -0.39 is 0 Å². The molecule has 0 atom stereocenters. The Bertz CT molecular complexity index is 568. The summed E-state index contributed by atoms with van der Waals surface area (Å²) in [5.74, 6) is -0.0803. The normalized spacial score (nSPS) is 10.5. The fourth-order valence-electron chi connectivity index (χ4n) is 2.22. The van der Waals surface area contributed by atoms with Crippen LogP contribution in [0.2, 0.25) is 0 Å². The summed E-state index contributed by atoms with van der Waals surface area (Å²) in [6.45, 7) is 4.85. The SMILES string of the molecule is CCN(c1cccc(C)c1)c1cccc(F)c1CCl. The molecule has 0 unspecified atom stereocenters. The predicted octanol–water partition coefficient (Wildman–Crippen LogP) is 5.03. The van der Waals surface area contributed by atoms with Crippen LogP contribution in [0.25, 0.3) is 0 Å². The molecule has 0 aliphatic carbocycles. The smallest absolute Gasteiger partial charge is 0.129 e. The molecule has 0 aliphatic rings. The van der Waals surface area contributed by atoms with Gasteiger partial charge in [-0.3, -0.25) is 0 Å². The van der Waals surface area contributed by atoms with Gasteiger partial charge in [-0.2, -0.15) is 0 Å². The maximum Gasteiger partial charge on any atom is 0.129 e. The Morgan fingerprint density at radius 3 is 2.53 bits per heavy atom. The first-order chi connectivity index (χ1) is 9.17. The molecule has 0 bridgehead atoms. The topological polar surface area (TPSA) is 3.24 Å². The first kappa shape index (κ1) is 13.9. The molecule has 0 N–H and O–H groups in total. The van der Waals surface area contributed by atoms with Crippen molar-refractivity contribution >= 4 is 23.0 Å². The van der Waals surface area contributed by atoms with Gasteiger partial charge in [0, 0.05) is 23.5 Å². The van der Waals surface area contributed by atoms with Gasteiger partial charge in [0.25, 0.3) is 0 Å². The van der Waals surface area contributed by atoms with E-state index >= 15 is 0 Å². The van der Waals surface area contributed by atoms with Gasteiger partial charge in [0.1, 0.15) is 5.82 Å². The molecule has 2 rings (SSSR count). The minimum atomic E-state index is -0.251. The Morgan fingerprint density at radius 2 is 1.89 bits per heavy atom. The molecule has 2 aromatic rings. The molecule has 0 aromatic heterocycles. The van der Waals surface area contributed by atoms with E-state index in [1.165, 1.54) is 11.6 Å². The molecule has 100 valence electrons. The summed E-state index contributed by atoms with van der Waals surface area (Å²) in [7, 11) is 0. The lowest BCUT2D eigenvalue weighted by Crippen LogP contribution is -2.18. The molecule has 19 heavy (non-hydrogen) atoms. The largest absolute Gasteiger partial charge is 0.341 e. The van der Waals surface area contributed by atoms with Crippen molar-refractivity contribution in [2.45, 2.75) is 19.7 Å². The van der Waals surface area contributed by atoms with Crippen LogP contribution in [0.5, 0.6) is 0 Å². The van der Waals surface area contributed by atoms with Crippen molar-refractivity contribution in [1.82, 2.24) is 0 Å². The van der Waals surface area contributed by atoms with E-state index in [1.54, 1.807) is 6.07 Å². The number of halogens is 2. The summed E-state index contributed by atoms with van der Waals surface area (Å²) in [4.78, 5) is 2.08. The molecule has 0 amide bonds. The Labute approximate surface area is 118 Å². The van der Waals surface area contributed by atoms with Crippen molar-refractivity contribution in [3.8, 4) is 0 Å². The van der Waals surface area contributed by atoms with Crippen LogP contribution in [0.4, 0.5) is 15.8 Å². The Kier molecular flexibility index (Phi) is 4.43. The van der Waals surface area contributed by atoms with Gasteiger partial charge >= 0.3 is 0 Å². The maximum atomic E-state index is 13.8. The number of hydrogen-bond donors (Lipinski definition) is 0. The number of benzene rings is 2. The summed E-state index contributed by atoms with van der Waals surface area (Å²) < 4.78 is 13.8. The van der Waals surface area contributed by atoms with E-state index in [2.05, 4.69) is 11.0 Å². The van der Waals surface area contributed by atoms with Crippen LogP contribution in [-0.4, -0.2) is 6.54 Å². The van der Waals surface area contributed by atoms with Crippen molar-refractivity contribution in [3.63, 3.8) is 0 Å². The van der Waals surface area contributed by atoms with E-state index in [1.807, 2.05) is 38.1 Å². The zero-order valence-corrected chi connectivity index (χ0v) is 11.9. The van der Waals surface area contributed by atoms with E-state index in [0.29, 0.717) is 5.56 Å². The van der Waals surface area contributed by atoms with Crippen LogP contribution in [-0.2, 0) is 5.88 Å². The highest BCUT2D eigenvalue weighted by Gasteiger charge is 2.14. The van der Waals surface area contributed by atoms with Gasteiger partial charge in [0.15, 0.2) is 0 Å². The lowest BCUT2D eigenvalue weighted by molar-refractivity contribution is 0.616. The molecule has 2 aromatic carbocycles. The van der Waals surface area contributed by atoms with Crippen molar-refractivity contribution < 1.29 is 4.39 Å². The molecular formula is C16H17ClFN. The van der Waals surface area contributed by atoms with Crippen molar-refractivity contribution in [2.75, 3.05) is 11.4 Å². The molecule has 0 fully saturated rings. The highest BCUT2D eigenvalue weighted by Crippen LogP contribution is 2.31. The Hall–Kier alpha value is -1.54. The number of anilines is 2. The number of rotatable bonds is 4. The minimum Gasteiger partial charge on any atom is -0.341 e. The first-order valence-electron chi connectivity index (χ1n) is 6.35. The second-order valence-electron chi connectivity index (χ2n) is 4.45. The van der Waals surface area contributed by atoms with Gasteiger partial charge in [0.05, 0.1) is 5.88 Å². The van der Waals surface area contributed by atoms with E-state index in [0.717, 1.165) is 17.9 Å². The molecule has 0 aliphatic heterocycles. The lowest BCUT2D eigenvalue weighted by Gasteiger charge is -2.26. The molecule has 0 heterocycles. The molecule has 3 heteroatoms. The molecule has 0 saturated heterocycles. The van der Waals surface area contributed by atoms with Gasteiger partial charge in [-0.05, 0) is 43.7 Å². The van der Waals surface area contributed by atoms with Crippen LogP contribution in [0.3, 0.4) is 0 Å². The summed E-state index contributed by atoms with van der Waals surface area (Å²) in [5.41, 5.74) is 3.62. The van der Waals surface area contributed by atoms with Gasteiger partial charge in [-0.1, -0.05) is 18.2 Å². The minimum absolute atomic E-state index is 0.171. The summed E-state index contributed by atoms with van der Waals surface area (Å²) >= 11 is 5.89. The molecule has 0 radical (unpaired) electrons. The predicted molar refractivity (Wildman–Crippen MR) is 79.8 cm³/mol. The fourth-order valence-corrected chi connectivity index (χ4v) is 2.48. The third kappa shape index (κ3) is 2.90. The molecule has 0 saturated carbocycles. The zero-order valence-electron chi connectivity index (χ0n) is 11.2. The van der Waals surface area contributed by atoms with E-state index in [-0.39, 0.29) is 11.7 Å². The summed E-state index contributed by atoms with van der Waals surface area (Å²) in [6, 6.07) is 13.3. The Balaban J connectivity index is 2.51. The second kappa shape index (κ2) is 6.07. The highest BCUT2D eigenvalue weighted by molar-refractivity contribution is 6.17. The van der Waals surface area contributed by atoms with Crippen LogP contribution in [0.15, 0.2) is 42.5 Å². The fraction of sp³-hybridized carbons (Fsp3) is 0.250. The van der Waals surface area contributed by atoms with Gasteiger partial charge in [-0.25, -0.2) is 4.39 Å². The number of alkyl halides is 1. The van der Waals surface area contributed by atoms with Crippen LogP contribution >= 0.6 is 11.6 Å². The zero-order chi connectivity index (χ0) is 13.8. The summed E-state index contributed by atoms with van der Waals surface area (Å²) in [6.07, 6.45) is 0. The van der Waals surface area contributed by atoms with Crippen LogP contribution in [0.1, 0.15) is 18.1 Å². The molecule has 1 nitrogen and oxygen atoms in total. The van der Waals surface area contributed by atoms with Crippen molar-refractivity contribution in [2.24, 2.45) is 0 Å². The summed E-state index contributed by atoms with van der Waals surface area (Å²) in [5, 5.41) is 0.